The molecule has 0 heterocycles. The Morgan fingerprint density at radius 3 is 2.28 bits per heavy atom. The monoisotopic (exact) mass is 261 g/mol. The summed E-state index contributed by atoms with van der Waals surface area (Å²) in [5.74, 6) is -1.35. The average molecular weight is 261 g/mol. The maximum Gasteiger partial charge on any atom is 0.407 e. The van der Waals surface area contributed by atoms with Crippen LogP contribution in [-0.4, -0.2) is 40.0 Å². The third-order valence-electron chi connectivity index (χ3n) is 2.20. The lowest BCUT2D eigenvalue weighted by atomic mass is 10.0. The van der Waals surface area contributed by atoms with Crippen molar-refractivity contribution in [2.75, 3.05) is 0 Å². The van der Waals surface area contributed by atoms with E-state index >= 15 is 0 Å². The van der Waals surface area contributed by atoms with Crippen LogP contribution in [0.4, 0.5) is 4.79 Å². The fraction of sp³-hybridized carbons (Fsp3) is 0.833. The minimum Gasteiger partial charge on any atom is -0.479 e. The molecular weight excluding hydrogens is 238 g/mol. The number of carboxylic acids is 1. The molecule has 0 aromatic heterocycles. The molecule has 0 aliphatic heterocycles. The van der Waals surface area contributed by atoms with E-state index in [1.165, 1.54) is 0 Å². The van der Waals surface area contributed by atoms with E-state index in [2.05, 4.69) is 5.32 Å². The van der Waals surface area contributed by atoms with Gasteiger partial charge in [-0.2, -0.15) is 0 Å². The summed E-state index contributed by atoms with van der Waals surface area (Å²) >= 11 is 0. The third kappa shape index (κ3) is 7.11. The number of aliphatic carboxylic acids is 1. The molecule has 18 heavy (non-hydrogen) atoms. The number of hydrogen-bond donors (Lipinski definition) is 3. The molecule has 0 spiro atoms. The van der Waals surface area contributed by atoms with E-state index in [1.54, 1.807) is 20.8 Å². The number of amides is 1. The van der Waals surface area contributed by atoms with Crippen molar-refractivity contribution >= 4 is 12.1 Å². The van der Waals surface area contributed by atoms with E-state index in [4.69, 9.17) is 9.84 Å². The third-order valence-corrected chi connectivity index (χ3v) is 2.20. The number of aliphatic hydroxyl groups excluding tert-OH is 1. The van der Waals surface area contributed by atoms with E-state index in [-0.39, 0.29) is 0 Å². The number of hydrogen-bond acceptors (Lipinski definition) is 4. The van der Waals surface area contributed by atoms with Gasteiger partial charge < -0.3 is 20.3 Å². The van der Waals surface area contributed by atoms with Crippen molar-refractivity contribution in [3.05, 3.63) is 0 Å². The molecule has 0 fully saturated rings. The molecule has 0 saturated heterocycles. The topological polar surface area (TPSA) is 95.9 Å². The molecule has 0 aliphatic carbocycles. The van der Waals surface area contributed by atoms with Crippen LogP contribution in [-0.2, 0) is 9.53 Å². The van der Waals surface area contributed by atoms with E-state index in [0.29, 0.717) is 12.8 Å². The van der Waals surface area contributed by atoms with Gasteiger partial charge in [0.1, 0.15) is 5.60 Å². The van der Waals surface area contributed by atoms with Crippen molar-refractivity contribution in [2.45, 2.75) is 64.7 Å². The van der Waals surface area contributed by atoms with Gasteiger partial charge in [-0.3, -0.25) is 0 Å². The van der Waals surface area contributed by atoms with Crippen LogP contribution in [0.5, 0.6) is 0 Å². The lowest BCUT2D eigenvalue weighted by Crippen LogP contribution is -2.48. The molecule has 0 aromatic carbocycles. The van der Waals surface area contributed by atoms with Crippen LogP contribution in [0.15, 0.2) is 0 Å². The Balaban J connectivity index is 4.49. The quantitative estimate of drug-likeness (QED) is 0.673. The summed E-state index contributed by atoms with van der Waals surface area (Å²) in [6.07, 6.45) is -0.389. The van der Waals surface area contributed by atoms with Gasteiger partial charge in [-0.25, -0.2) is 9.59 Å². The van der Waals surface area contributed by atoms with Gasteiger partial charge in [-0.15, -0.1) is 0 Å². The number of carboxylic acid groups (broad SMARTS) is 1. The number of ether oxygens (including phenoxy) is 1. The van der Waals surface area contributed by atoms with E-state index in [9.17, 15) is 14.7 Å². The molecule has 3 N–H and O–H groups in total. The predicted octanol–water partition coefficient (Wildman–Crippen LogP) is 1.52. The zero-order valence-electron chi connectivity index (χ0n) is 11.4. The van der Waals surface area contributed by atoms with Crippen LogP contribution in [0.2, 0.25) is 0 Å². The highest BCUT2D eigenvalue weighted by Crippen LogP contribution is 2.10. The first-order valence-electron chi connectivity index (χ1n) is 6.07. The lowest BCUT2D eigenvalue weighted by molar-refractivity contribution is -0.148. The van der Waals surface area contributed by atoms with Gasteiger partial charge in [0.2, 0.25) is 0 Å². The minimum atomic E-state index is -1.62. The Labute approximate surface area is 107 Å². The van der Waals surface area contributed by atoms with E-state index in [1.807, 2.05) is 6.92 Å². The Bertz CT molecular complexity index is 285. The second kappa shape index (κ2) is 7.20. The Morgan fingerprint density at radius 1 is 1.33 bits per heavy atom. The zero-order chi connectivity index (χ0) is 14.3. The van der Waals surface area contributed by atoms with Crippen molar-refractivity contribution in [1.82, 2.24) is 5.32 Å². The molecule has 6 heteroatoms. The molecule has 0 aliphatic rings. The zero-order valence-corrected chi connectivity index (χ0v) is 11.4. The van der Waals surface area contributed by atoms with Crippen molar-refractivity contribution < 1.29 is 24.5 Å². The van der Waals surface area contributed by atoms with Gasteiger partial charge in [-0.05, 0) is 27.2 Å². The molecule has 2 atom stereocenters. The lowest BCUT2D eigenvalue weighted by Gasteiger charge is -2.25. The van der Waals surface area contributed by atoms with Crippen LogP contribution in [0.1, 0.15) is 47.0 Å². The Hall–Kier alpha value is -1.30. The molecule has 0 saturated carbocycles. The molecule has 0 aromatic rings. The SMILES string of the molecule is CCCC[C@H](NC(=O)OC(C)(C)C)C(O)C(=O)O. The summed E-state index contributed by atoms with van der Waals surface area (Å²) in [7, 11) is 0. The first kappa shape index (κ1) is 16.7. The maximum absolute atomic E-state index is 11.5. The number of alkyl carbamates (subject to hydrolysis) is 1. The first-order valence-corrected chi connectivity index (χ1v) is 6.07. The van der Waals surface area contributed by atoms with Gasteiger partial charge in [0.05, 0.1) is 6.04 Å². The van der Waals surface area contributed by atoms with Crippen molar-refractivity contribution in [3.63, 3.8) is 0 Å². The molecule has 1 amide bonds. The predicted molar refractivity (Wildman–Crippen MR) is 66.3 cm³/mol. The number of carbonyl (C=O) groups excluding carboxylic acids is 1. The van der Waals surface area contributed by atoms with E-state index < -0.39 is 29.8 Å². The van der Waals surface area contributed by atoms with Gasteiger partial charge in [0.25, 0.3) is 0 Å². The van der Waals surface area contributed by atoms with Crippen molar-refractivity contribution in [3.8, 4) is 0 Å². The highest BCUT2D eigenvalue weighted by molar-refractivity contribution is 5.75. The smallest absolute Gasteiger partial charge is 0.407 e. The molecular formula is C12H23NO5. The highest BCUT2D eigenvalue weighted by Gasteiger charge is 2.28. The summed E-state index contributed by atoms with van der Waals surface area (Å²) in [6, 6.07) is -0.836. The Morgan fingerprint density at radius 2 is 1.89 bits per heavy atom. The van der Waals surface area contributed by atoms with Crippen LogP contribution in [0.25, 0.3) is 0 Å². The van der Waals surface area contributed by atoms with Gasteiger partial charge in [0.15, 0.2) is 6.10 Å². The molecule has 1 unspecified atom stereocenters. The second-order valence-electron chi connectivity index (χ2n) is 5.18. The highest BCUT2D eigenvalue weighted by atomic mass is 16.6. The van der Waals surface area contributed by atoms with Gasteiger partial charge in [0, 0.05) is 0 Å². The average Bonchev–Trinajstić information content (AvgIpc) is 2.20. The summed E-state index contributed by atoms with van der Waals surface area (Å²) in [5.41, 5.74) is -0.659. The van der Waals surface area contributed by atoms with Gasteiger partial charge in [-0.1, -0.05) is 19.8 Å². The Kier molecular flexibility index (Phi) is 6.68. The number of unbranched alkanes of at least 4 members (excludes halogenated alkanes) is 1. The fourth-order valence-corrected chi connectivity index (χ4v) is 1.36. The van der Waals surface area contributed by atoms with Crippen LogP contribution in [0, 0.1) is 0 Å². The van der Waals surface area contributed by atoms with E-state index in [0.717, 1.165) is 6.42 Å². The van der Waals surface area contributed by atoms with Crippen LogP contribution < -0.4 is 5.32 Å². The largest absolute Gasteiger partial charge is 0.479 e. The first-order chi connectivity index (χ1) is 8.17. The second-order valence-corrected chi connectivity index (χ2v) is 5.18. The van der Waals surface area contributed by atoms with Gasteiger partial charge >= 0.3 is 12.1 Å². The summed E-state index contributed by atoms with van der Waals surface area (Å²) in [5, 5.41) is 20.6. The maximum atomic E-state index is 11.5. The fourth-order valence-electron chi connectivity index (χ4n) is 1.36. The summed E-state index contributed by atoms with van der Waals surface area (Å²) in [6.45, 7) is 7.07. The summed E-state index contributed by atoms with van der Waals surface area (Å²) in [4.78, 5) is 22.3. The molecule has 106 valence electrons. The normalized spacial score (nSPS) is 14.7. The minimum absolute atomic E-state index is 0.392. The number of carbonyl (C=O) groups is 2. The summed E-state index contributed by atoms with van der Waals surface area (Å²) < 4.78 is 5.02. The number of aliphatic hydroxyl groups is 1. The standard InChI is InChI=1S/C12H23NO5/c1-5-6-7-8(9(14)10(15)16)13-11(17)18-12(2,3)4/h8-9,14H,5-7H2,1-4H3,(H,13,17)(H,15,16)/t8-,9?/m0/s1. The molecule has 0 rings (SSSR count). The number of nitrogens with one attached hydrogen (secondary N) is 1. The molecule has 0 bridgehead atoms. The van der Waals surface area contributed by atoms with Crippen molar-refractivity contribution in [2.24, 2.45) is 0 Å². The van der Waals surface area contributed by atoms with Crippen LogP contribution >= 0.6 is 0 Å². The van der Waals surface area contributed by atoms with Crippen molar-refractivity contribution in [1.29, 1.82) is 0 Å². The molecule has 6 nitrogen and oxygen atoms in total. The van der Waals surface area contributed by atoms with Crippen LogP contribution in [0.3, 0.4) is 0 Å². The molecule has 0 radical (unpaired) electrons. The number of rotatable bonds is 6.